The van der Waals surface area contributed by atoms with Gasteiger partial charge < -0.3 is 25.1 Å². The first kappa shape index (κ1) is 21.9. The number of carboxylic acid groups (broad SMARTS) is 1. The molecule has 0 bridgehead atoms. The molecule has 0 aromatic rings. The number of carboxylic acids is 1. The van der Waals surface area contributed by atoms with Crippen LogP contribution >= 0.6 is 24.0 Å². The number of fused-ring (bicyclic) bond motifs is 1. The molecule has 2 aliphatic rings. The van der Waals surface area contributed by atoms with Gasteiger partial charge in [-0.1, -0.05) is 30.9 Å². The fourth-order valence-electron chi connectivity index (χ4n) is 3.07. The average Bonchev–Trinajstić information content (AvgIpc) is 2.69. The molecule has 0 aliphatic carbocycles. The number of aliphatic hydroxyl groups is 2. The van der Waals surface area contributed by atoms with E-state index < -0.39 is 18.0 Å². The molecule has 0 spiro atoms. The van der Waals surface area contributed by atoms with E-state index in [4.69, 9.17) is 17.3 Å². The number of carbonyl (C=O) groups is 2. The summed E-state index contributed by atoms with van der Waals surface area (Å²) in [5.74, 6) is -2.34. The number of likely N-dealkylation sites (N-methyl/N-ethyl adjacent to an activating group) is 1. The number of thiocarbonyl (C=S) groups is 1. The molecular weight excluding hydrogens is 363 g/mol. The molecule has 10 heteroatoms. The van der Waals surface area contributed by atoms with Gasteiger partial charge in [0.2, 0.25) is 5.91 Å². The van der Waals surface area contributed by atoms with Crippen molar-refractivity contribution in [3.8, 4) is 0 Å². The van der Waals surface area contributed by atoms with E-state index in [2.05, 4.69) is 0 Å². The van der Waals surface area contributed by atoms with Crippen molar-refractivity contribution in [1.29, 1.82) is 0 Å². The van der Waals surface area contributed by atoms with Crippen LogP contribution in [0.5, 0.6) is 0 Å². The van der Waals surface area contributed by atoms with Gasteiger partial charge >= 0.3 is 5.97 Å². The van der Waals surface area contributed by atoms with Crippen LogP contribution in [0.15, 0.2) is 10.6 Å². The zero-order valence-electron chi connectivity index (χ0n) is 14.1. The zero-order chi connectivity index (χ0) is 17.5. The van der Waals surface area contributed by atoms with E-state index in [9.17, 15) is 19.8 Å². The quantitative estimate of drug-likeness (QED) is 0.338. The molecule has 2 heterocycles. The molecule has 1 amide bonds. The maximum absolute atomic E-state index is 12.2. The minimum atomic E-state index is -1.17. The van der Waals surface area contributed by atoms with Crippen molar-refractivity contribution in [3.05, 3.63) is 10.6 Å². The molecule has 24 heavy (non-hydrogen) atoms. The molecule has 4 atom stereocenters. The monoisotopic (exact) mass is 383 g/mol. The van der Waals surface area contributed by atoms with Crippen LogP contribution in [0, 0.1) is 11.8 Å². The molecule has 1 saturated heterocycles. The number of rotatable bonds is 5. The van der Waals surface area contributed by atoms with Crippen molar-refractivity contribution < 1.29 is 24.9 Å². The molecular formula is C14H20N2NaO5S2. The number of carbonyl (C=O) groups excluding carboxylic acids is 1. The fraction of sp³-hybridized carbons (Fsp3) is 0.643. The summed E-state index contributed by atoms with van der Waals surface area (Å²) in [4.78, 5) is 27.3. The van der Waals surface area contributed by atoms with Gasteiger partial charge in [0.05, 0.1) is 24.7 Å². The Kier molecular flexibility index (Phi) is 7.73. The maximum atomic E-state index is 12.2. The summed E-state index contributed by atoms with van der Waals surface area (Å²) in [7, 11) is 1.71. The summed E-state index contributed by atoms with van der Waals surface area (Å²) < 4.78 is 0.434. The molecule has 3 N–H and O–H groups in total. The Hall–Kier alpha value is -0.160. The summed E-state index contributed by atoms with van der Waals surface area (Å²) in [5, 5.41) is 28.2. The molecule has 0 aromatic carbocycles. The van der Waals surface area contributed by atoms with Gasteiger partial charge in [0.25, 0.3) is 0 Å². The van der Waals surface area contributed by atoms with Gasteiger partial charge in [-0.2, -0.15) is 0 Å². The second kappa shape index (κ2) is 8.48. The summed E-state index contributed by atoms with van der Waals surface area (Å²) in [5.41, 5.74) is -0.0471. The van der Waals surface area contributed by atoms with Gasteiger partial charge in [-0.05, 0) is 6.92 Å². The molecule has 1 radical (unpaired) electrons. The summed E-state index contributed by atoms with van der Waals surface area (Å²) in [6.07, 6.45) is -0.824. The Bertz CT molecular complexity index is 584. The smallest absolute Gasteiger partial charge is 0.353 e. The number of β-lactam (4-membered cyclic amide) rings is 1. The van der Waals surface area contributed by atoms with Crippen molar-refractivity contribution >= 4 is 69.7 Å². The SMILES string of the molecule is C[C@@H](O)[C@H]1C(=O)N2C(C(=O)O)=C(SC(=S)N(C)CCO)[C@H](C)[C@H]12.[Na]. The second-order valence-corrected chi connectivity index (χ2v) is 7.46. The molecule has 2 aliphatic heterocycles. The van der Waals surface area contributed by atoms with Gasteiger partial charge in [0.1, 0.15) is 10.0 Å². The molecule has 129 valence electrons. The molecule has 2 rings (SSSR count). The maximum Gasteiger partial charge on any atom is 0.353 e. The first-order valence-electron chi connectivity index (χ1n) is 7.24. The van der Waals surface area contributed by atoms with Gasteiger partial charge in [-0.15, -0.1) is 0 Å². The predicted octanol–water partition coefficient (Wildman–Crippen LogP) is -0.299. The molecule has 0 unspecified atom stereocenters. The number of thioether (sulfide) groups is 1. The van der Waals surface area contributed by atoms with E-state index in [0.29, 0.717) is 15.8 Å². The van der Waals surface area contributed by atoms with Gasteiger partial charge in [-0.3, -0.25) is 4.79 Å². The van der Waals surface area contributed by atoms with E-state index in [1.165, 1.54) is 11.8 Å². The van der Waals surface area contributed by atoms with Crippen molar-refractivity contribution in [1.82, 2.24) is 9.80 Å². The van der Waals surface area contributed by atoms with E-state index in [-0.39, 0.29) is 59.7 Å². The third kappa shape index (κ3) is 3.67. The van der Waals surface area contributed by atoms with Gasteiger partial charge in [0, 0.05) is 54.0 Å². The Balaban J connectivity index is 0.00000288. The van der Waals surface area contributed by atoms with E-state index in [0.717, 1.165) is 11.8 Å². The number of aliphatic hydroxyl groups excluding tert-OH is 2. The normalized spacial score (nSPS) is 26.5. The van der Waals surface area contributed by atoms with Crippen molar-refractivity contribution in [3.63, 3.8) is 0 Å². The van der Waals surface area contributed by atoms with E-state index in [1.807, 2.05) is 6.92 Å². The second-order valence-electron chi connectivity index (χ2n) is 5.79. The number of hydrogen-bond donors (Lipinski definition) is 3. The standard InChI is InChI=1S/C14H20N2O5S2.Na/c1-6-9-8(7(2)18)12(19)16(9)10(13(20)21)11(6)23-14(22)15(3)4-5-17;/h6-9,17-18H,4-5H2,1-3H3,(H,20,21);/t6-,7-,8-,9-;/m1./s1. The van der Waals surface area contributed by atoms with Crippen LogP contribution in [-0.4, -0.2) is 103 Å². The number of amides is 1. The largest absolute Gasteiger partial charge is 0.477 e. The number of nitrogens with zero attached hydrogens (tertiary/aromatic N) is 2. The summed E-state index contributed by atoms with van der Waals surface area (Å²) >= 11 is 6.41. The first-order valence-corrected chi connectivity index (χ1v) is 8.47. The van der Waals surface area contributed by atoms with Crippen LogP contribution in [0.2, 0.25) is 0 Å². The van der Waals surface area contributed by atoms with Gasteiger partial charge in [-0.25, -0.2) is 4.79 Å². The van der Waals surface area contributed by atoms with Crippen molar-refractivity contribution in [2.45, 2.75) is 26.0 Å². The zero-order valence-corrected chi connectivity index (χ0v) is 17.7. The minimum absolute atomic E-state index is 0. The van der Waals surface area contributed by atoms with Crippen LogP contribution in [0.3, 0.4) is 0 Å². The van der Waals surface area contributed by atoms with Crippen LogP contribution in [0.4, 0.5) is 0 Å². The van der Waals surface area contributed by atoms with Crippen LogP contribution in [-0.2, 0) is 9.59 Å². The van der Waals surface area contributed by atoms with Crippen molar-refractivity contribution in [2.75, 3.05) is 20.2 Å². The third-order valence-corrected chi connectivity index (χ3v) is 6.09. The first-order chi connectivity index (χ1) is 10.7. The molecule has 7 nitrogen and oxygen atoms in total. The minimum Gasteiger partial charge on any atom is -0.477 e. The van der Waals surface area contributed by atoms with Crippen molar-refractivity contribution in [2.24, 2.45) is 11.8 Å². The average molecular weight is 383 g/mol. The Morgan fingerprint density at radius 1 is 1.50 bits per heavy atom. The van der Waals surface area contributed by atoms with Crippen LogP contribution in [0.1, 0.15) is 13.8 Å². The summed E-state index contributed by atoms with van der Waals surface area (Å²) in [6.45, 7) is 3.66. The fourth-order valence-corrected chi connectivity index (χ4v) is 4.47. The van der Waals surface area contributed by atoms with Crippen LogP contribution in [0.25, 0.3) is 0 Å². The topological polar surface area (TPSA) is 101 Å². The Labute approximate surface area is 172 Å². The van der Waals surface area contributed by atoms with Gasteiger partial charge in [0.15, 0.2) is 0 Å². The van der Waals surface area contributed by atoms with E-state index >= 15 is 0 Å². The predicted molar refractivity (Wildman–Crippen MR) is 95.3 cm³/mol. The Morgan fingerprint density at radius 2 is 2.08 bits per heavy atom. The summed E-state index contributed by atoms with van der Waals surface area (Å²) in [6, 6.07) is -0.345. The number of hydrogen-bond acceptors (Lipinski definition) is 6. The molecule has 0 saturated carbocycles. The van der Waals surface area contributed by atoms with Crippen LogP contribution < -0.4 is 0 Å². The molecule has 1 fully saturated rings. The molecule has 0 aromatic heterocycles. The van der Waals surface area contributed by atoms with E-state index in [1.54, 1.807) is 11.9 Å². The Morgan fingerprint density at radius 3 is 2.54 bits per heavy atom. The third-order valence-electron chi connectivity index (χ3n) is 4.26. The number of aliphatic carboxylic acids is 1.